The number of urea groups is 1. The Morgan fingerprint density at radius 3 is 3.00 bits per heavy atom. The minimum absolute atomic E-state index is 0.277. The average Bonchev–Trinajstić information content (AvgIpc) is 2.56. The fraction of sp³-hybridized carbons (Fsp3) is 0.273. The molecule has 4 N–H and O–H groups in total. The summed E-state index contributed by atoms with van der Waals surface area (Å²) in [4.78, 5) is 13.5. The molecular weight excluding hydrogens is 255 g/mol. The largest absolute Gasteiger partial charge is 0.352 e. The number of aromatic nitrogens is 2. The molecule has 0 aliphatic carbocycles. The molecule has 1 aromatic heterocycles. The van der Waals surface area contributed by atoms with Gasteiger partial charge in [-0.05, 0) is 36.8 Å². The van der Waals surface area contributed by atoms with Crippen LogP contribution in [0.3, 0.4) is 0 Å². The number of halogens is 1. The standard InChI is InChI=1S/C11H13FN4OS/c1-6-4-9-8(5-7(6)12)15-11(18)16(9)3-2-14-10(13)17/h4-5H,2-3H2,1H3,(H,15,18)(H3,13,14,17). The van der Waals surface area contributed by atoms with Gasteiger partial charge in [0.2, 0.25) is 0 Å². The van der Waals surface area contributed by atoms with Crippen LogP contribution >= 0.6 is 12.2 Å². The van der Waals surface area contributed by atoms with Gasteiger partial charge in [0, 0.05) is 13.1 Å². The zero-order valence-corrected chi connectivity index (χ0v) is 10.6. The number of carbonyl (C=O) groups excluding carboxylic acids is 1. The molecule has 0 saturated heterocycles. The van der Waals surface area contributed by atoms with Crippen LogP contribution < -0.4 is 11.1 Å². The van der Waals surface area contributed by atoms with Gasteiger partial charge in [-0.25, -0.2) is 9.18 Å². The Balaban J connectivity index is 2.37. The summed E-state index contributed by atoms with van der Waals surface area (Å²) in [7, 11) is 0. The molecule has 0 aliphatic heterocycles. The smallest absolute Gasteiger partial charge is 0.312 e. The molecule has 0 aliphatic rings. The fourth-order valence-corrected chi connectivity index (χ4v) is 2.09. The summed E-state index contributed by atoms with van der Waals surface area (Å²) in [5.74, 6) is -0.277. The molecule has 1 heterocycles. The third-order valence-corrected chi connectivity index (χ3v) is 3.01. The van der Waals surface area contributed by atoms with E-state index in [1.807, 2.05) is 0 Å². The van der Waals surface area contributed by atoms with Crippen molar-refractivity contribution in [2.45, 2.75) is 13.5 Å². The molecule has 0 radical (unpaired) electrons. The zero-order chi connectivity index (χ0) is 13.3. The highest BCUT2D eigenvalue weighted by molar-refractivity contribution is 7.71. The van der Waals surface area contributed by atoms with Crippen LogP contribution in [0.25, 0.3) is 11.0 Å². The predicted octanol–water partition coefficient (Wildman–Crippen LogP) is 1.81. The monoisotopic (exact) mass is 268 g/mol. The lowest BCUT2D eigenvalue weighted by atomic mass is 10.2. The second-order valence-corrected chi connectivity index (χ2v) is 4.38. The maximum Gasteiger partial charge on any atom is 0.312 e. The van der Waals surface area contributed by atoms with E-state index in [2.05, 4.69) is 10.3 Å². The summed E-state index contributed by atoms with van der Waals surface area (Å²) in [6.07, 6.45) is 0. The van der Waals surface area contributed by atoms with Crippen molar-refractivity contribution in [2.24, 2.45) is 5.73 Å². The van der Waals surface area contributed by atoms with E-state index in [0.29, 0.717) is 28.9 Å². The second-order valence-electron chi connectivity index (χ2n) is 3.99. The maximum absolute atomic E-state index is 13.4. The summed E-state index contributed by atoms with van der Waals surface area (Å²) in [6, 6.07) is 2.56. The molecule has 2 amide bonds. The summed E-state index contributed by atoms with van der Waals surface area (Å²) < 4.78 is 15.7. The van der Waals surface area contributed by atoms with Crippen LogP contribution in [0.2, 0.25) is 0 Å². The predicted molar refractivity (Wildman–Crippen MR) is 69.4 cm³/mol. The van der Waals surface area contributed by atoms with Gasteiger partial charge in [-0.3, -0.25) is 0 Å². The third-order valence-electron chi connectivity index (χ3n) is 2.69. The van der Waals surface area contributed by atoms with Crippen molar-refractivity contribution in [2.75, 3.05) is 6.54 Å². The number of nitrogens with two attached hydrogens (primary N) is 1. The van der Waals surface area contributed by atoms with Gasteiger partial charge in [0.25, 0.3) is 0 Å². The van der Waals surface area contributed by atoms with Crippen LogP contribution in [-0.2, 0) is 6.54 Å². The highest BCUT2D eigenvalue weighted by Crippen LogP contribution is 2.18. The number of fused-ring (bicyclic) bond motifs is 1. The van der Waals surface area contributed by atoms with Gasteiger partial charge < -0.3 is 20.6 Å². The van der Waals surface area contributed by atoms with Crippen LogP contribution in [0, 0.1) is 17.5 Å². The average molecular weight is 268 g/mol. The number of rotatable bonds is 3. The summed E-state index contributed by atoms with van der Waals surface area (Å²) in [5, 5.41) is 2.49. The lowest BCUT2D eigenvalue weighted by Crippen LogP contribution is -2.32. The molecule has 0 atom stereocenters. The Hall–Kier alpha value is -1.89. The quantitative estimate of drug-likeness (QED) is 0.743. The van der Waals surface area contributed by atoms with Gasteiger partial charge in [-0.15, -0.1) is 0 Å². The first-order valence-electron chi connectivity index (χ1n) is 5.41. The van der Waals surface area contributed by atoms with Crippen molar-refractivity contribution in [1.29, 1.82) is 0 Å². The topological polar surface area (TPSA) is 75.8 Å². The summed E-state index contributed by atoms with van der Waals surface area (Å²) in [6.45, 7) is 2.54. The first-order valence-corrected chi connectivity index (χ1v) is 5.82. The Morgan fingerprint density at radius 2 is 2.33 bits per heavy atom. The number of amides is 2. The SMILES string of the molecule is Cc1cc2c(cc1F)[nH]c(=S)n2CCNC(N)=O. The lowest BCUT2D eigenvalue weighted by molar-refractivity contribution is 0.248. The highest BCUT2D eigenvalue weighted by Gasteiger charge is 2.07. The van der Waals surface area contributed by atoms with Crippen molar-refractivity contribution >= 4 is 29.3 Å². The number of carbonyl (C=O) groups is 1. The van der Waals surface area contributed by atoms with Gasteiger partial charge in [0.05, 0.1) is 11.0 Å². The molecule has 0 bridgehead atoms. The van der Waals surface area contributed by atoms with Gasteiger partial charge in [0.15, 0.2) is 4.77 Å². The Labute approximate surface area is 108 Å². The number of imidazole rings is 1. The van der Waals surface area contributed by atoms with E-state index in [1.165, 1.54) is 6.07 Å². The third kappa shape index (κ3) is 2.35. The van der Waals surface area contributed by atoms with Crippen LogP contribution in [0.4, 0.5) is 9.18 Å². The van der Waals surface area contributed by atoms with Crippen molar-refractivity contribution in [3.8, 4) is 0 Å². The number of hydrogen-bond donors (Lipinski definition) is 3. The Bertz CT molecular complexity index is 661. The molecular formula is C11H13FN4OS. The van der Waals surface area contributed by atoms with E-state index in [9.17, 15) is 9.18 Å². The molecule has 1 aromatic carbocycles. The van der Waals surface area contributed by atoms with Crippen molar-refractivity contribution in [3.05, 3.63) is 28.3 Å². The lowest BCUT2D eigenvalue weighted by Gasteiger charge is -2.05. The first kappa shape index (κ1) is 12.6. The number of H-pyrrole nitrogens is 1. The van der Waals surface area contributed by atoms with Gasteiger partial charge in [0.1, 0.15) is 5.82 Å². The molecule has 0 spiro atoms. The molecule has 2 aromatic rings. The summed E-state index contributed by atoms with van der Waals surface area (Å²) in [5.41, 5.74) is 6.98. The maximum atomic E-state index is 13.4. The normalized spacial score (nSPS) is 10.8. The fourth-order valence-electron chi connectivity index (χ4n) is 1.79. The van der Waals surface area contributed by atoms with E-state index >= 15 is 0 Å². The van der Waals surface area contributed by atoms with Crippen molar-refractivity contribution in [3.63, 3.8) is 0 Å². The molecule has 0 unspecified atom stereocenters. The number of nitrogens with one attached hydrogen (secondary N) is 2. The number of aryl methyl sites for hydroxylation is 1. The van der Waals surface area contributed by atoms with Gasteiger partial charge in [-0.1, -0.05) is 0 Å². The summed E-state index contributed by atoms with van der Waals surface area (Å²) >= 11 is 5.16. The molecule has 5 nitrogen and oxygen atoms in total. The molecule has 0 fully saturated rings. The Morgan fingerprint density at radius 1 is 1.61 bits per heavy atom. The molecule has 2 rings (SSSR count). The van der Waals surface area contributed by atoms with Crippen molar-refractivity contribution < 1.29 is 9.18 Å². The highest BCUT2D eigenvalue weighted by atomic mass is 32.1. The number of nitrogens with zero attached hydrogens (tertiary/aromatic N) is 1. The van der Waals surface area contributed by atoms with Crippen LogP contribution in [0.5, 0.6) is 0 Å². The molecule has 18 heavy (non-hydrogen) atoms. The number of aromatic amines is 1. The first-order chi connectivity index (χ1) is 8.49. The van der Waals surface area contributed by atoms with Crippen LogP contribution in [-0.4, -0.2) is 22.1 Å². The van der Waals surface area contributed by atoms with Crippen LogP contribution in [0.15, 0.2) is 12.1 Å². The van der Waals surface area contributed by atoms with E-state index < -0.39 is 6.03 Å². The second kappa shape index (κ2) is 4.77. The van der Waals surface area contributed by atoms with E-state index in [4.69, 9.17) is 18.0 Å². The van der Waals surface area contributed by atoms with E-state index in [-0.39, 0.29) is 5.82 Å². The number of benzene rings is 1. The van der Waals surface area contributed by atoms with Gasteiger partial charge >= 0.3 is 6.03 Å². The zero-order valence-electron chi connectivity index (χ0n) is 9.79. The number of hydrogen-bond acceptors (Lipinski definition) is 2. The minimum atomic E-state index is -0.580. The minimum Gasteiger partial charge on any atom is -0.352 e. The van der Waals surface area contributed by atoms with E-state index in [0.717, 1.165) is 5.52 Å². The van der Waals surface area contributed by atoms with E-state index in [1.54, 1.807) is 17.6 Å². The molecule has 0 saturated carbocycles. The van der Waals surface area contributed by atoms with Crippen LogP contribution in [0.1, 0.15) is 5.56 Å². The van der Waals surface area contributed by atoms with Crippen molar-refractivity contribution in [1.82, 2.24) is 14.9 Å². The number of primary amides is 1. The van der Waals surface area contributed by atoms with Gasteiger partial charge in [-0.2, -0.15) is 0 Å². The Kier molecular flexibility index (Phi) is 3.33. The molecule has 96 valence electrons. The molecule has 7 heteroatoms.